The van der Waals surface area contributed by atoms with Gasteiger partial charge in [0.25, 0.3) is 0 Å². The van der Waals surface area contributed by atoms with Crippen molar-refractivity contribution in [3.05, 3.63) is 42.4 Å². The normalized spacial score (nSPS) is 20.4. The number of rotatable bonds is 8. The Hall–Kier alpha value is -2.67. The summed E-state index contributed by atoms with van der Waals surface area (Å²) >= 11 is 0. The van der Waals surface area contributed by atoms with E-state index in [2.05, 4.69) is 9.97 Å². The highest BCUT2D eigenvalue weighted by atomic mass is 16.5. The number of aromatic amines is 1. The zero-order valence-electron chi connectivity index (χ0n) is 17.2. The molecule has 7 nitrogen and oxygen atoms in total. The molecule has 0 spiro atoms. The van der Waals surface area contributed by atoms with Crippen molar-refractivity contribution in [1.82, 2.24) is 19.9 Å². The maximum atomic E-state index is 13.5. The Morgan fingerprint density at radius 2 is 2.00 bits per heavy atom. The maximum absolute atomic E-state index is 13.5. The highest BCUT2D eigenvalue weighted by molar-refractivity contribution is 5.80. The summed E-state index contributed by atoms with van der Waals surface area (Å²) in [5, 5.41) is 10.4. The molecule has 4 rings (SSSR count). The fraction of sp³-hybridized carbons (Fsp3) is 0.522. The molecule has 2 amide bonds. The van der Waals surface area contributed by atoms with Gasteiger partial charge in [0.1, 0.15) is 5.82 Å². The van der Waals surface area contributed by atoms with Gasteiger partial charge in [0.2, 0.25) is 12.3 Å². The Balaban J connectivity index is 1.51. The number of H-pyrrole nitrogens is 1. The van der Waals surface area contributed by atoms with Crippen LogP contribution in [0.4, 0.5) is 0 Å². The van der Waals surface area contributed by atoms with Gasteiger partial charge >= 0.3 is 0 Å². The van der Waals surface area contributed by atoms with Crippen LogP contribution in [0.2, 0.25) is 0 Å². The van der Waals surface area contributed by atoms with Gasteiger partial charge in [-0.15, -0.1) is 0 Å². The second kappa shape index (κ2) is 9.43. The lowest BCUT2D eigenvalue weighted by molar-refractivity contribution is -0.157. The quantitative estimate of drug-likeness (QED) is 0.394. The Bertz CT molecular complexity index is 847. The van der Waals surface area contributed by atoms with E-state index < -0.39 is 0 Å². The fourth-order valence-electron chi connectivity index (χ4n) is 4.99. The van der Waals surface area contributed by atoms with Crippen LogP contribution in [0.5, 0.6) is 0 Å². The third kappa shape index (κ3) is 4.56. The number of hydroxylamine groups is 2. The molecule has 2 aromatic rings. The van der Waals surface area contributed by atoms with Crippen LogP contribution in [-0.4, -0.2) is 50.5 Å². The number of nitrogens with zero attached hydrogens (tertiary/aromatic N) is 3. The van der Waals surface area contributed by atoms with Crippen molar-refractivity contribution in [3.63, 3.8) is 0 Å². The Kier molecular flexibility index (Phi) is 6.47. The van der Waals surface area contributed by atoms with Gasteiger partial charge in [-0.3, -0.25) is 14.8 Å². The SMILES string of the molecule is O=CN(O)CC(CC1CCCC1)C(=O)N1CCCC1c1ncc(-c2ccccc2)[nH]1. The van der Waals surface area contributed by atoms with Gasteiger partial charge in [0.05, 0.1) is 30.4 Å². The molecule has 2 heterocycles. The van der Waals surface area contributed by atoms with Crippen LogP contribution in [-0.2, 0) is 9.59 Å². The van der Waals surface area contributed by atoms with Gasteiger partial charge in [-0.25, -0.2) is 10.0 Å². The fourth-order valence-corrected chi connectivity index (χ4v) is 4.99. The molecule has 1 aromatic carbocycles. The molecule has 0 bridgehead atoms. The van der Waals surface area contributed by atoms with Crippen LogP contribution in [0, 0.1) is 11.8 Å². The molecule has 2 fully saturated rings. The van der Waals surface area contributed by atoms with E-state index in [0.717, 1.165) is 49.2 Å². The summed E-state index contributed by atoms with van der Waals surface area (Å²) in [6.07, 6.45) is 9.35. The first-order chi connectivity index (χ1) is 14.7. The smallest absolute Gasteiger partial charge is 0.233 e. The second-order valence-corrected chi connectivity index (χ2v) is 8.55. The van der Waals surface area contributed by atoms with Crippen molar-refractivity contribution in [2.45, 2.75) is 51.0 Å². The van der Waals surface area contributed by atoms with Gasteiger partial charge < -0.3 is 9.88 Å². The van der Waals surface area contributed by atoms with Crippen molar-refractivity contribution < 1.29 is 14.8 Å². The lowest BCUT2D eigenvalue weighted by atomic mass is 9.91. The van der Waals surface area contributed by atoms with Gasteiger partial charge in [-0.2, -0.15) is 0 Å². The molecule has 2 unspecified atom stereocenters. The number of imidazole rings is 1. The molecule has 30 heavy (non-hydrogen) atoms. The van der Waals surface area contributed by atoms with E-state index in [1.54, 1.807) is 0 Å². The van der Waals surface area contributed by atoms with Crippen molar-refractivity contribution in [1.29, 1.82) is 0 Å². The number of hydrogen-bond donors (Lipinski definition) is 2. The first-order valence-electron chi connectivity index (χ1n) is 11.0. The number of carbonyl (C=O) groups excluding carboxylic acids is 2. The third-order valence-electron chi connectivity index (χ3n) is 6.50. The number of hydrogen-bond acceptors (Lipinski definition) is 4. The van der Waals surface area contributed by atoms with Gasteiger partial charge in [-0.1, -0.05) is 56.0 Å². The number of benzene rings is 1. The van der Waals surface area contributed by atoms with Gasteiger partial charge in [-0.05, 0) is 30.7 Å². The van der Waals surface area contributed by atoms with E-state index in [-0.39, 0.29) is 24.4 Å². The van der Waals surface area contributed by atoms with Gasteiger partial charge in [0, 0.05) is 6.54 Å². The van der Waals surface area contributed by atoms with Crippen molar-refractivity contribution in [3.8, 4) is 11.3 Å². The summed E-state index contributed by atoms with van der Waals surface area (Å²) in [6.45, 7) is 0.730. The largest absolute Gasteiger partial charge is 0.340 e. The summed E-state index contributed by atoms with van der Waals surface area (Å²) in [4.78, 5) is 34.3. The number of amides is 2. The van der Waals surface area contributed by atoms with Gasteiger partial charge in [0.15, 0.2) is 0 Å². The zero-order valence-corrected chi connectivity index (χ0v) is 17.2. The summed E-state index contributed by atoms with van der Waals surface area (Å²) < 4.78 is 0. The highest BCUT2D eigenvalue weighted by Gasteiger charge is 2.37. The number of carbonyl (C=O) groups is 2. The summed E-state index contributed by atoms with van der Waals surface area (Å²) in [7, 11) is 0. The monoisotopic (exact) mass is 410 g/mol. The molecule has 2 atom stereocenters. The van der Waals surface area contributed by atoms with Crippen molar-refractivity contribution >= 4 is 12.3 Å². The summed E-state index contributed by atoms with van der Waals surface area (Å²) in [5.74, 6) is 0.930. The van der Waals surface area contributed by atoms with E-state index in [4.69, 9.17) is 0 Å². The first kappa shape index (κ1) is 20.6. The predicted octanol–water partition coefficient (Wildman–Crippen LogP) is 3.78. The lowest BCUT2D eigenvalue weighted by Gasteiger charge is -2.30. The number of nitrogens with one attached hydrogen (secondary N) is 1. The molecule has 1 aliphatic heterocycles. The van der Waals surface area contributed by atoms with E-state index in [1.807, 2.05) is 41.4 Å². The Morgan fingerprint density at radius 1 is 1.23 bits per heavy atom. The molecule has 1 aromatic heterocycles. The number of likely N-dealkylation sites (tertiary alicyclic amines) is 1. The molecule has 1 saturated carbocycles. The molecule has 2 N–H and O–H groups in total. The maximum Gasteiger partial charge on any atom is 0.233 e. The van der Waals surface area contributed by atoms with Crippen LogP contribution >= 0.6 is 0 Å². The molecular weight excluding hydrogens is 380 g/mol. The van der Waals surface area contributed by atoms with E-state index in [0.29, 0.717) is 23.9 Å². The average Bonchev–Trinajstić information content (AvgIpc) is 3.54. The molecule has 1 saturated heterocycles. The molecule has 0 radical (unpaired) electrons. The van der Waals surface area contributed by atoms with Crippen LogP contribution in [0.25, 0.3) is 11.3 Å². The minimum Gasteiger partial charge on any atom is -0.340 e. The van der Waals surface area contributed by atoms with Crippen LogP contribution in [0.1, 0.15) is 56.8 Å². The van der Waals surface area contributed by atoms with E-state index >= 15 is 0 Å². The highest BCUT2D eigenvalue weighted by Crippen LogP contribution is 2.36. The first-order valence-corrected chi connectivity index (χ1v) is 11.0. The third-order valence-corrected chi connectivity index (χ3v) is 6.50. The average molecular weight is 411 g/mol. The molecule has 160 valence electrons. The molecular formula is C23H30N4O3. The van der Waals surface area contributed by atoms with Crippen molar-refractivity contribution in [2.24, 2.45) is 11.8 Å². The Morgan fingerprint density at radius 3 is 2.73 bits per heavy atom. The standard InChI is InChI=1S/C23H30N4O3/c28-16-26(30)15-19(13-17-7-4-5-8-17)23(29)27-12-6-11-21(27)22-24-14-20(25-22)18-9-2-1-3-10-18/h1-3,9-10,14,16-17,19,21,30H,4-8,11-13,15H2,(H,24,25). The molecule has 7 heteroatoms. The lowest BCUT2D eigenvalue weighted by Crippen LogP contribution is -2.41. The molecule has 1 aliphatic carbocycles. The topological polar surface area (TPSA) is 89.5 Å². The van der Waals surface area contributed by atoms with Crippen LogP contribution in [0.3, 0.4) is 0 Å². The predicted molar refractivity (Wildman–Crippen MR) is 112 cm³/mol. The van der Waals surface area contributed by atoms with E-state index in [9.17, 15) is 14.8 Å². The minimum atomic E-state index is -0.382. The van der Waals surface area contributed by atoms with Crippen molar-refractivity contribution in [2.75, 3.05) is 13.1 Å². The molecule has 2 aliphatic rings. The zero-order chi connectivity index (χ0) is 20.9. The number of aromatic nitrogens is 2. The second-order valence-electron chi connectivity index (χ2n) is 8.55. The van der Waals surface area contributed by atoms with Crippen LogP contribution in [0.15, 0.2) is 36.5 Å². The summed E-state index contributed by atoms with van der Waals surface area (Å²) in [6, 6.07) is 9.92. The van der Waals surface area contributed by atoms with Crippen LogP contribution < -0.4 is 0 Å². The van der Waals surface area contributed by atoms with E-state index in [1.165, 1.54) is 12.8 Å². The Labute approximate surface area is 177 Å². The summed E-state index contributed by atoms with van der Waals surface area (Å²) in [5.41, 5.74) is 2.00. The minimum absolute atomic E-state index is 0.0166.